The zero-order valence-electron chi connectivity index (χ0n) is 14.0. The first-order valence-corrected chi connectivity index (χ1v) is 7.89. The van der Waals surface area contributed by atoms with Crippen LogP contribution in [-0.4, -0.2) is 44.1 Å². The van der Waals surface area contributed by atoms with Crippen molar-refractivity contribution in [2.24, 2.45) is 0 Å². The van der Waals surface area contributed by atoms with E-state index >= 15 is 0 Å². The van der Waals surface area contributed by atoms with E-state index in [1.807, 2.05) is 25.1 Å². The normalized spacial score (nSPS) is 11.2. The smallest absolute Gasteiger partial charge is 0.344 e. The van der Waals surface area contributed by atoms with E-state index in [9.17, 15) is 14.4 Å². The predicted octanol–water partition coefficient (Wildman–Crippen LogP) is 1.03. The number of nitrogens with one attached hydrogen (secondary N) is 2. The van der Waals surface area contributed by atoms with Crippen LogP contribution in [0.25, 0.3) is 0 Å². The van der Waals surface area contributed by atoms with Gasteiger partial charge in [-0.25, -0.2) is 4.79 Å². The van der Waals surface area contributed by atoms with Crippen molar-refractivity contribution >= 4 is 17.8 Å². The second-order valence-corrected chi connectivity index (χ2v) is 5.10. The van der Waals surface area contributed by atoms with Crippen LogP contribution in [0.2, 0.25) is 0 Å². The van der Waals surface area contributed by atoms with E-state index in [0.717, 1.165) is 0 Å². The summed E-state index contributed by atoms with van der Waals surface area (Å²) in [5.74, 6) is -0.356. The van der Waals surface area contributed by atoms with E-state index in [4.69, 9.17) is 9.47 Å². The third-order valence-electron chi connectivity index (χ3n) is 3.24. The highest BCUT2D eigenvalue weighted by Crippen LogP contribution is 2.08. The van der Waals surface area contributed by atoms with Crippen molar-refractivity contribution in [3.05, 3.63) is 30.3 Å². The van der Waals surface area contributed by atoms with E-state index in [0.29, 0.717) is 12.2 Å². The number of amides is 2. The second-order valence-electron chi connectivity index (χ2n) is 5.10. The maximum Gasteiger partial charge on any atom is 0.344 e. The van der Waals surface area contributed by atoms with E-state index in [-0.39, 0.29) is 37.8 Å². The summed E-state index contributed by atoms with van der Waals surface area (Å²) in [6.45, 7) is 1.87. The van der Waals surface area contributed by atoms with Gasteiger partial charge in [-0.05, 0) is 18.6 Å². The number of rotatable bonds is 10. The Bertz CT molecular complexity index is 533. The van der Waals surface area contributed by atoms with Gasteiger partial charge < -0.3 is 20.1 Å². The minimum absolute atomic E-state index is 0.0984. The van der Waals surface area contributed by atoms with Crippen LogP contribution in [0.5, 0.6) is 5.75 Å². The molecule has 1 aromatic carbocycles. The summed E-state index contributed by atoms with van der Waals surface area (Å²) >= 11 is 0. The van der Waals surface area contributed by atoms with Crippen molar-refractivity contribution in [3.63, 3.8) is 0 Å². The number of para-hydroxylation sites is 1. The highest BCUT2D eigenvalue weighted by atomic mass is 16.6. The van der Waals surface area contributed by atoms with Gasteiger partial charge >= 0.3 is 5.97 Å². The molecule has 132 valence electrons. The molecule has 0 aliphatic heterocycles. The monoisotopic (exact) mass is 336 g/mol. The quantitative estimate of drug-likeness (QED) is 0.623. The van der Waals surface area contributed by atoms with Crippen molar-refractivity contribution in [1.29, 1.82) is 0 Å². The second kappa shape index (κ2) is 11.0. The van der Waals surface area contributed by atoms with Crippen LogP contribution in [0.4, 0.5) is 0 Å². The third-order valence-corrected chi connectivity index (χ3v) is 3.24. The molecule has 7 heteroatoms. The first-order chi connectivity index (χ1) is 11.5. The SMILES string of the molecule is CCC(CNC(=O)CCC(=O)NC)OC(=O)COc1ccccc1. The fourth-order valence-electron chi connectivity index (χ4n) is 1.82. The number of esters is 1. The molecule has 24 heavy (non-hydrogen) atoms. The van der Waals surface area contributed by atoms with Crippen LogP contribution in [0.3, 0.4) is 0 Å². The number of hydrogen-bond acceptors (Lipinski definition) is 5. The van der Waals surface area contributed by atoms with Crippen LogP contribution >= 0.6 is 0 Å². The molecule has 1 aromatic rings. The molecular weight excluding hydrogens is 312 g/mol. The van der Waals surface area contributed by atoms with Crippen molar-refractivity contribution in [2.75, 3.05) is 20.2 Å². The molecule has 2 amide bonds. The number of benzene rings is 1. The standard InChI is InChI=1S/C17H24N2O5/c1-3-13(11-19-16(21)10-9-15(20)18-2)24-17(22)12-23-14-7-5-4-6-8-14/h4-8,13H,3,9-12H2,1-2H3,(H,18,20)(H,19,21). The molecule has 0 saturated heterocycles. The maximum atomic E-state index is 11.8. The lowest BCUT2D eigenvalue weighted by Crippen LogP contribution is -2.36. The van der Waals surface area contributed by atoms with E-state index < -0.39 is 12.1 Å². The molecule has 0 spiro atoms. The predicted molar refractivity (Wildman–Crippen MR) is 88.4 cm³/mol. The van der Waals surface area contributed by atoms with Gasteiger partial charge in [-0.15, -0.1) is 0 Å². The molecule has 0 heterocycles. The van der Waals surface area contributed by atoms with Crippen molar-refractivity contribution in [3.8, 4) is 5.75 Å². The van der Waals surface area contributed by atoms with Crippen LogP contribution in [0, 0.1) is 0 Å². The fraction of sp³-hybridized carbons (Fsp3) is 0.471. The van der Waals surface area contributed by atoms with Gasteiger partial charge in [0.2, 0.25) is 11.8 Å². The van der Waals surface area contributed by atoms with Gasteiger partial charge in [0.05, 0.1) is 6.54 Å². The zero-order chi connectivity index (χ0) is 17.8. The van der Waals surface area contributed by atoms with Crippen molar-refractivity contribution in [2.45, 2.75) is 32.3 Å². The Morgan fingerprint density at radius 2 is 1.75 bits per heavy atom. The summed E-state index contributed by atoms with van der Waals surface area (Å²) in [5, 5.41) is 5.10. The van der Waals surface area contributed by atoms with Gasteiger partial charge in [-0.2, -0.15) is 0 Å². The van der Waals surface area contributed by atoms with Gasteiger partial charge in [-0.3, -0.25) is 9.59 Å². The van der Waals surface area contributed by atoms with Crippen LogP contribution in [0.15, 0.2) is 30.3 Å². The lowest BCUT2D eigenvalue weighted by atomic mass is 10.2. The number of hydrogen-bond donors (Lipinski definition) is 2. The van der Waals surface area contributed by atoms with Crippen molar-refractivity contribution < 1.29 is 23.9 Å². The molecular formula is C17H24N2O5. The molecule has 1 rings (SSSR count). The number of carbonyl (C=O) groups excluding carboxylic acids is 3. The first-order valence-electron chi connectivity index (χ1n) is 7.89. The minimum atomic E-state index is -0.495. The van der Waals surface area contributed by atoms with E-state index in [2.05, 4.69) is 10.6 Å². The Kier molecular flexibility index (Phi) is 8.96. The molecule has 0 aromatic heterocycles. The molecule has 0 saturated carbocycles. The number of ether oxygens (including phenoxy) is 2. The van der Waals surface area contributed by atoms with Gasteiger partial charge in [-0.1, -0.05) is 25.1 Å². The molecule has 2 N–H and O–H groups in total. The van der Waals surface area contributed by atoms with Crippen molar-refractivity contribution in [1.82, 2.24) is 10.6 Å². The highest BCUT2D eigenvalue weighted by molar-refractivity contribution is 5.83. The average Bonchev–Trinajstić information content (AvgIpc) is 2.62. The van der Waals surface area contributed by atoms with Gasteiger partial charge in [0.15, 0.2) is 6.61 Å². The van der Waals surface area contributed by atoms with Gasteiger partial charge in [0.25, 0.3) is 0 Å². The summed E-state index contributed by atoms with van der Waals surface area (Å²) < 4.78 is 10.6. The largest absolute Gasteiger partial charge is 0.482 e. The molecule has 1 atom stereocenters. The van der Waals surface area contributed by atoms with Gasteiger partial charge in [0, 0.05) is 19.9 Å². The molecule has 0 aliphatic carbocycles. The molecule has 7 nitrogen and oxygen atoms in total. The first kappa shape index (κ1) is 19.5. The Morgan fingerprint density at radius 3 is 2.38 bits per heavy atom. The maximum absolute atomic E-state index is 11.8. The molecule has 0 bridgehead atoms. The highest BCUT2D eigenvalue weighted by Gasteiger charge is 2.15. The number of carbonyl (C=O) groups is 3. The Balaban J connectivity index is 2.26. The van der Waals surface area contributed by atoms with Crippen LogP contribution < -0.4 is 15.4 Å². The molecule has 0 radical (unpaired) electrons. The van der Waals surface area contributed by atoms with E-state index in [1.165, 1.54) is 7.05 Å². The Labute approximate surface area is 141 Å². The molecule has 0 fully saturated rings. The molecule has 1 unspecified atom stereocenters. The lowest BCUT2D eigenvalue weighted by molar-refractivity contribution is -0.151. The molecule has 0 aliphatic rings. The Hall–Kier alpha value is -2.57. The third kappa shape index (κ3) is 8.17. The fourth-order valence-corrected chi connectivity index (χ4v) is 1.82. The summed E-state index contributed by atoms with van der Waals surface area (Å²) in [6.07, 6.45) is 0.360. The van der Waals surface area contributed by atoms with E-state index in [1.54, 1.807) is 12.1 Å². The summed E-state index contributed by atoms with van der Waals surface area (Å²) in [7, 11) is 1.52. The average molecular weight is 336 g/mol. The van der Waals surface area contributed by atoms with Crippen LogP contribution in [-0.2, 0) is 19.1 Å². The lowest BCUT2D eigenvalue weighted by Gasteiger charge is -2.17. The summed E-state index contributed by atoms with van der Waals surface area (Å²) in [6, 6.07) is 8.97. The summed E-state index contributed by atoms with van der Waals surface area (Å²) in [5.41, 5.74) is 0. The minimum Gasteiger partial charge on any atom is -0.482 e. The topological polar surface area (TPSA) is 93.7 Å². The Morgan fingerprint density at radius 1 is 1.08 bits per heavy atom. The summed E-state index contributed by atoms with van der Waals surface area (Å²) in [4.78, 5) is 34.5. The zero-order valence-corrected chi connectivity index (χ0v) is 14.0. The van der Waals surface area contributed by atoms with Crippen LogP contribution in [0.1, 0.15) is 26.2 Å². The van der Waals surface area contributed by atoms with Gasteiger partial charge in [0.1, 0.15) is 11.9 Å².